The summed E-state index contributed by atoms with van der Waals surface area (Å²) in [5.74, 6) is 0. The van der Waals surface area contributed by atoms with Crippen LogP contribution in [0, 0.1) is 0 Å². The third-order valence-electron chi connectivity index (χ3n) is 0. The van der Waals surface area contributed by atoms with E-state index in [9.17, 15) is 0 Å². The van der Waals surface area contributed by atoms with Crippen molar-refractivity contribution in [1.82, 2.24) is 0 Å². The molecule has 0 fully saturated rings. The molecule has 0 spiro atoms. The SMILES string of the molecule is NC(N)=S.[V]. The second-order valence-electron chi connectivity index (χ2n) is 0.402. The van der Waals surface area contributed by atoms with Crippen LogP contribution in [-0.2, 0) is 18.6 Å². The van der Waals surface area contributed by atoms with E-state index in [1.807, 2.05) is 0 Å². The fourth-order valence-corrected chi connectivity index (χ4v) is 0. The van der Waals surface area contributed by atoms with Gasteiger partial charge < -0.3 is 11.5 Å². The number of thiocarbonyl (C=S) groups is 1. The van der Waals surface area contributed by atoms with Gasteiger partial charge in [-0.3, -0.25) is 0 Å². The van der Waals surface area contributed by atoms with Gasteiger partial charge in [-0.2, -0.15) is 0 Å². The maximum atomic E-state index is 4.62. The molecule has 0 aromatic heterocycles. The molecule has 0 aliphatic carbocycles. The molecule has 0 amide bonds. The van der Waals surface area contributed by atoms with E-state index in [1.54, 1.807) is 0 Å². The maximum absolute atomic E-state index is 4.62. The van der Waals surface area contributed by atoms with Gasteiger partial charge in [0, 0.05) is 18.6 Å². The Balaban J connectivity index is 0. The zero-order valence-electron chi connectivity index (χ0n) is 2.51. The Morgan fingerprint density at radius 2 is 1.40 bits per heavy atom. The summed E-state index contributed by atoms with van der Waals surface area (Å²) in [6, 6.07) is 0. The van der Waals surface area contributed by atoms with Crippen LogP contribution in [0.25, 0.3) is 0 Å². The molecule has 0 rings (SSSR count). The van der Waals surface area contributed by atoms with Gasteiger partial charge in [-0.15, -0.1) is 0 Å². The van der Waals surface area contributed by atoms with Gasteiger partial charge in [-0.05, 0) is 12.2 Å². The molecule has 1 radical (unpaired) electrons. The molecule has 5 heavy (non-hydrogen) atoms. The van der Waals surface area contributed by atoms with Crippen LogP contribution >= 0.6 is 12.2 Å². The zero-order chi connectivity index (χ0) is 3.58. The Kier molecular flexibility index (Phi) is 7.68. The maximum Gasteiger partial charge on any atom is 0.160 e. The van der Waals surface area contributed by atoms with Crippen molar-refractivity contribution in [1.29, 1.82) is 0 Å². The molecule has 0 saturated heterocycles. The summed E-state index contributed by atoms with van der Waals surface area (Å²) in [5.41, 5.74) is 9.24. The molecule has 0 heterocycles. The molecular weight excluding hydrogens is 123 g/mol. The predicted octanol–water partition coefficient (Wildman–Crippen LogP) is -0.814. The first-order valence-electron chi connectivity index (χ1n) is 0.781. The molecule has 29 valence electrons. The van der Waals surface area contributed by atoms with Crippen LogP contribution < -0.4 is 11.5 Å². The molecule has 0 bridgehead atoms. The molecule has 0 aliphatic rings. The molecule has 0 saturated carbocycles. The van der Waals surface area contributed by atoms with Crippen LogP contribution in [0.2, 0.25) is 0 Å². The van der Waals surface area contributed by atoms with E-state index in [-0.39, 0.29) is 23.7 Å². The van der Waals surface area contributed by atoms with E-state index in [1.165, 1.54) is 0 Å². The van der Waals surface area contributed by atoms with Gasteiger partial charge in [0.05, 0.1) is 0 Å². The van der Waals surface area contributed by atoms with Gasteiger partial charge >= 0.3 is 0 Å². The summed E-state index contributed by atoms with van der Waals surface area (Å²) < 4.78 is 0. The standard InChI is InChI=1S/CH4N2S.V/c2-1(3)4;/h(H4,2,3,4);. The second kappa shape index (κ2) is 4.27. The van der Waals surface area contributed by atoms with Crippen LogP contribution in [0.3, 0.4) is 0 Å². The topological polar surface area (TPSA) is 52.0 Å². The van der Waals surface area contributed by atoms with Crippen molar-refractivity contribution in [2.24, 2.45) is 11.5 Å². The largest absolute Gasteiger partial charge is 0.377 e. The summed E-state index contributed by atoms with van der Waals surface area (Å²) in [6.45, 7) is 0. The van der Waals surface area contributed by atoms with E-state index in [0.717, 1.165) is 0 Å². The van der Waals surface area contributed by atoms with Crippen molar-refractivity contribution in [3.63, 3.8) is 0 Å². The smallest absolute Gasteiger partial charge is 0.160 e. The fraction of sp³-hybridized carbons (Fsp3) is 0. The third kappa shape index (κ3) is 294. The minimum absolute atomic E-state index is 0. The average molecular weight is 127 g/mol. The molecule has 0 atom stereocenters. The number of nitrogens with two attached hydrogens (primary N) is 2. The number of hydrogen-bond acceptors (Lipinski definition) is 1. The summed E-state index contributed by atoms with van der Waals surface area (Å²) in [5, 5.41) is 0.000000000000000222. The van der Waals surface area contributed by atoms with Gasteiger partial charge in [0.1, 0.15) is 0 Å². The molecule has 4 heteroatoms. The summed E-state index contributed by atoms with van der Waals surface area (Å²) in [7, 11) is 0. The summed E-state index contributed by atoms with van der Waals surface area (Å²) in [6.07, 6.45) is 0. The van der Waals surface area contributed by atoms with Crippen molar-refractivity contribution in [2.45, 2.75) is 0 Å². The summed E-state index contributed by atoms with van der Waals surface area (Å²) >= 11 is 4.09. The van der Waals surface area contributed by atoms with E-state index in [0.29, 0.717) is 0 Å². The monoisotopic (exact) mass is 127 g/mol. The van der Waals surface area contributed by atoms with Crippen molar-refractivity contribution in [3.8, 4) is 0 Å². The van der Waals surface area contributed by atoms with Crippen LogP contribution in [0.4, 0.5) is 0 Å². The Bertz CT molecular complexity index is 32.6. The molecular formula is CH4N2SV. The second-order valence-corrected chi connectivity index (χ2v) is 0.874. The van der Waals surface area contributed by atoms with Gasteiger partial charge in [0.25, 0.3) is 0 Å². The summed E-state index contributed by atoms with van der Waals surface area (Å²) in [4.78, 5) is 0. The van der Waals surface area contributed by atoms with Crippen LogP contribution in [0.5, 0.6) is 0 Å². The molecule has 0 unspecified atom stereocenters. The van der Waals surface area contributed by atoms with Gasteiger partial charge in [0.15, 0.2) is 5.11 Å². The molecule has 0 aromatic carbocycles. The minimum atomic E-state index is 0. The Morgan fingerprint density at radius 3 is 1.40 bits per heavy atom. The molecule has 2 nitrogen and oxygen atoms in total. The van der Waals surface area contributed by atoms with E-state index in [4.69, 9.17) is 0 Å². The van der Waals surface area contributed by atoms with Crippen molar-refractivity contribution >= 4 is 17.3 Å². The Hall–Kier alpha value is 0.274. The number of hydrogen-bond donors (Lipinski definition) is 2. The fourth-order valence-electron chi connectivity index (χ4n) is 0. The van der Waals surface area contributed by atoms with E-state index in [2.05, 4.69) is 23.7 Å². The molecule has 0 aliphatic heterocycles. The first kappa shape index (κ1) is 8.99. The van der Waals surface area contributed by atoms with Crippen LogP contribution in [0.1, 0.15) is 0 Å². The average Bonchev–Trinajstić information content (AvgIpc) is 0.811. The van der Waals surface area contributed by atoms with Crippen LogP contribution in [0.15, 0.2) is 0 Å². The number of rotatable bonds is 0. The van der Waals surface area contributed by atoms with Gasteiger partial charge in [0.2, 0.25) is 0 Å². The molecule has 4 N–H and O–H groups in total. The van der Waals surface area contributed by atoms with Gasteiger partial charge in [-0.25, -0.2) is 0 Å². The minimum Gasteiger partial charge on any atom is -0.377 e. The Labute approximate surface area is 47.8 Å². The first-order valence-corrected chi connectivity index (χ1v) is 1.19. The van der Waals surface area contributed by atoms with Crippen molar-refractivity contribution in [3.05, 3.63) is 0 Å². The third-order valence-corrected chi connectivity index (χ3v) is 0. The van der Waals surface area contributed by atoms with E-state index < -0.39 is 0 Å². The van der Waals surface area contributed by atoms with Gasteiger partial charge in [-0.1, -0.05) is 0 Å². The molecule has 0 aromatic rings. The normalized spacial score (nSPS) is 4.80. The van der Waals surface area contributed by atoms with E-state index >= 15 is 0 Å². The Morgan fingerprint density at radius 1 is 1.40 bits per heavy atom. The first-order chi connectivity index (χ1) is 1.73. The van der Waals surface area contributed by atoms with Crippen LogP contribution in [-0.4, -0.2) is 5.11 Å². The quantitative estimate of drug-likeness (QED) is 0.418. The zero-order valence-corrected chi connectivity index (χ0v) is 4.72. The van der Waals surface area contributed by atoms with Crippen molar-refractivity contribution < 1.29 is 18.6 Å². The predicted molar refractivity (Wildman–Crippen MR) is 21.0 cm³/mol. The van der Waals surface area contributed by atoms with Crippen molar-refractivity contribution in [2.75, 3.05) is 0 Å².